The van der Waals surface area contributed by atoms with Gasteiger partial charge in [-0.1, -0.05) is 18.6 Å². The Morgan fingerprint density at radius 2 is 2.17 bits per heavy atom. The highest BCUT2D eigenvalue weighted by Crippen LogP contribution is 2.39. The molecule has 1 aromatic rings. The van der Waals surface area contributed by atoms with Crippen molar-refractivity contribution in [2.45, 2.75) is 40.2 Å². The van der Waals surface area contributed by atoms with Crippen molar-refractivity contribution >= 4 is 17.6 Å². The summed E-state index contributed by atoms with van der Waals surface area (Å²) in [6, 6.07) is 0. The highest BCUT2D eigenvalue weighted by atomic mass is 16.5. The number of hydrogen-bond donors (Lipinski definition) is 2. The van der Waals surface area contributed by atoms with Crippen LogP contribution in [0.3, 0.4) is 0 Å². The van der Waals surface area contributed by atoms with E-state index in [1.54, 1.807) is 14.0 Å². The van der Waals surface area contributed by atoms with E-state index in [0.717, 1.165) is 22.3 Å². The topological polar surface area (TPSA) is 98.9 Å². The van der Waals surface area contributed by atoms with Gasteiger partial charge < -0.3 is 20.3 Å². The van der Waals surface area contributed by atoms with Crippen molar-refractivity contribution in [2.24, 2.45) is 5.92 Å². The molecule has 0 saturated heterocycles. The number of aliphatic carboxylic acids is 1. The number of esters is 1. The number of nitrogens with two attached hydrogens (primary N) is 1. The maximum absolute atomic E-state index is 11.9. The van der Waals surface area contributed by atoms with Gasteiger partial charge in [-0.25, -0.2) is 4.79 Å². The van der Waals surface area contributed by atoms with Crippen LogP contribution in [0.4, 0.5) is 5.69 Å². The van der Waals surface area contributed by atoms with E-state index in [2.05, 4.69) is 0 Å². The Kier molecular flexibility index (Phi) is 5.17. The standard InChI is InChI=1S/C18H23NO5/c1-9(7-10(2)17(20)21)5-6-12-15(19)14-13(8-24-18(14)22)11(3)16(12)23-4/h5,10H,6-8,19H2,1-4H3,(H,20,21)/b9-5+/t10-/m0/s1. The Morgan fingerprint density at radius 1 is 1.50 bits per heavy atom. The van der Waals surface area contributed by atoms with Crippen molar-refractivity contribution in [3.63, 3.8) is 0 Å². The number of carboxylic acid groups (broad SMARTS) is 1. The van der Waals surface area contributed by atoms with Gasteiger partial charge in [0.05, 0.1) is 24.3 Å². The van der Waals surface area contributed by atoms with Crippen molar-refractivity contribution in [2.75, 3.05) is 12.8 Å². The number of rotatable bonds is 6. The van der Waals surface area contributed by atoms with Crippen molar-refractivity contribution in [1.82, 2.24) is 0 Å². The van der Waals surface area contributed by atoms with Gasteiger partial charge in [0, 0.05) is 11.1 Å². The number of anilines is 1. The van der Waals surface area contributed by atoms with Crippen LogP contribution in [0.2, 0.25) is 0 Å². The fourth-order valence-corrected chi connectivity index (χ4v) is 3.02. The molecule has 1 aliphatic rings. The van der Waals surface area contributed by atoms with E-state index < -0.39 is 17.9 Å². The summed E-state index contributed by atoms with van der Waals surface area (Å²) in [5, 5.41) is 9.00. The van der Waals surface area contributed by atoms with Crippen LogP contribution in [0.15, 0.2) is 11.6 Å². The second kappa shape index (κ2) is 6.95. The molecule has 0 fully saturated rings. The lowest BCUT2D eigenvalue weighted by Gasteiger charge is -2.16. The molecule has 1 heterocycles. The highest BCUT2D eigenvalue weighted by Gasteiger charge is 2.30. The molecule has 0 unspecified atom stereocenters. The molecule has 1 aliphatic heterocycles. The van der Waals surface area contributed by atoms with E-state index in [1.165, 1.54) is 0 Å². The fraction of sp³-hybridized carbons (Fsp3) is 0.444. The molecule has 0 aromatic heterocycles. The Hall–Kier alpha value is -2.50. The summed E-state index contributed by atoms with van der Waals surface area (Å²) in [5.74, 6) is -1.03. The van der Waals surface area contributed by atoms with Gasteiger partial charge in [-0.2, -0.15) is 0 Å². The number of nitrogen functional groups attached to an aromatic ring is 1. The lowest BCUT2D eigenvalue weighted by Crippen LogP contribution is -2.10. The minimum absolute atomic E-state index is 0.214. The van der Waals surface area contributed by atoms with Crippen LogP contribution in [-0.2, 0) is 22.6 Å². The average molecular weight is 333 g/mol. The summed E-state index contributed by atoms with van der Waals surface area (Å²) in [6.45, 7) is 5.65. The molecule has 0 amide bonds. The molecule has 1 atom stereocenters. The SMILES string of the molecule is COc1c(C)c2c(c(N)c1C/C=C(\C)C[C@H](C)C(=O)O)C(=O)OC2. The molecular weight excluding hydrogens is 310 g/mol. The Balaban J connectivity index is 2.37. The minimum atomic E-state index is -0.823. The summed E-state index contributed by atoms with van der Waals surface area (Å²) in [5.41, 5.74) is 10.3. The van der Waals surface area contributed by atoms with E-state index in [9.17, 15) is 9.59 Å². The van der Waals surface area contributed by atoms with Gasteiger partial charge in [0.15, 0.2) is 0 Å². The second-order valence-electron chi connectivity index (χ2n) is 6.18. The molecule has 0 spiro atoms. The number of benzene rings is 1. The Morgan fingerprint density at radius 3 is 2.75 bits per heavy atom. The Bertz CT molecular complexity index is 721. The molecule has 2 rings (SSSR count). The lowest BCUT2D eigenvalue weighted by atomic mass is 9.93. The predicted molar refractivity (Wildman–Crippen MR) is 90.1 cm³/mol. The van der Waals surface area contributed by atoms with Crippen LogP contribution in [-0.4, -0.2) is 24.2 Å². The van der Waals surface area contributed by atoms with Crippen LogP contribution in [0.1, 0.15) is 47.3 Å². The number of allylic oxidation sites excluding steroid dienone is 2. The molecule has 6 nitrogen and oxygen atoms in total. The van der Waals surface area contributed by atoms with Crippen LogP contribution in [0.5, 0.6) is 5.75 Å². The molecule has 24 heavy (non-hydrogen) atoms. The third kappa shape index (κ3) is 3.22. The van der Waals surface area contributed by atoms with Crippen molar-refractivity contribution in [3.05, 3.63) is 33.9 Å². The first kappa shape index (κ1) is 17.8. The molecule has 0 aliphatic carbocycles. The zero-order chi connectivity index (χ0) is 18.0. The number of carboxylic acids is 1. The lowest BCUT2D eigenvalue weighted by molar-refractivity contribution is -0.141. The number of carbonyl (C=O) groups excluding carboxylic acids is 1. The molecule has 0 bridgehead atoms. The van der Waals surface area contributed by atoms with Gasteiger partial charge >= 0.3 is 11.9 Å². The zero-order valence-corrected chi connectivity index (χ0v) is 14.4. The molecule has 1 aromatic carbocycles. The normalized spacial score (nSPS) is 15.0. The highest BCUT2D eigenvalue weighted by molar-refractivity contribution is 6.00. The maximum Gasteiger partial charge on any atom is 0.341 e. The van der Waals surface area contributed by atoms with E-state index in [4.69, 9.17) is 20.3 Å². The molecule has 3 N–H and O–H groups in total. The van der Waals surface area contributed by atoms with Crippen LogP contribution >= 0.6 is 0 Å². The van der Waals surface area contributed by atoms with Gasteiger partial charge in [-0.15, -0.1) is 0 Å². The molecule has 130 valence electrons. The smallest absolute Gasteiger partial charge is 0.341 e. The van der Waals surface area contributed by atoms with Gasteiger partial charge in [0.2, 0.25) is 0 Å². The second-order valence-corrected chi connectivity index (χ2v) is 6.18. The zero-order valence-electron chi connectivity index (χ0n) is 14.4. The number of ether oxygens (including phenoxy) is 2. The van der Waals surface area contributed by atoms with Crippen molar-refractivity contribution < 1.29 is 24.2 Å². The maximum atomic E-state index is 11.9. The first-order valence-electron chi connectivity index (χ1n) is 7.81. The van der Waals surface area contributed by atoms with E-state index in [1.807, 2.05) is 19.9 Å². The molecular formula is C18H23NO5. The quantitative estimate of drug-likeness (QED) is 0.472. The number of cyclic esters (lactones) is 1. The van der Waals surface area contributed by atoms with Gasteiger partial charge in [-0.3, -0.25) is 4.79 Å². The fourth-order valence-electron chi connectivity index (χ4n) is 3.02. The summed E-state index contributed by atoms with van der Waals surface area (Å²) in [6.07, 6.45) is 2.86. The molecule has 0 radical (unpaired) electrons. The predicted octanol–water partition coefficient (Wildman–Crippen LogP) is 2.86. The number of methoxy groups -OCH3 is 1. The third-order valence-electron chi connectivity index (χ3n) is 4.42. The monoisotopic (exact) mass is 333 g/mol. The van der Waals surface area contributed by atoms with Gasteiger partial charge in [-0.05, 0) is 32.3 Å². The number of hydrogen-bond acceptors (Lipinski definition) is 5. The summed E-state index contributed by atoms with van der Waals surface area (Å²) < 4.78 is 10.6. The third-order valence-corrected chi connectivity index (χ3v) is 4.42. The average Bonchev–Trinajstić information content (AvgIpc) is 2.91. The van der Waals surface area contributed by atoms with Crippen LogP contribution < -0.4 is 10.5 Å². The first-order valence-corrected chi connectivity index (χ1v) is 7.81. The van der Waals surface area contributed by atoms with Crippen LogP contribution in [0, 0.1) is 12.8 Å². The largest absolute Gasteiger partial charge is 0.496 e. The van der Waals surface area contributed by atoms with Crippen LogP contribution in [0.25, 0.3) is 0 Å². The van der Waals surface area contributed by atoms with E-state index in [-0.39, 0.29) is 6.61 Å². The van der Waals surface area contributed by atoms with Gasteiger partial charge in [0.25, 0.3) is 0 Å². The van der Waals surface area contributed by atoms with E-state index >= 15 is 0 Å². The minimum Gasteiger partial charge on any atom is -0.496 e. The molecule has 0 saturated carbocycles. The van der Waals surface area contributed by atoms with Crippen molar-refractivity contribution in [1.29, 1.82) is 0 Å². The van der Waals surface area contributed by atoms with E-state index in [0.29, 0.717) is 29.8 Å². The summed E-state index contributed by atoms with van der Waals surface area (Å²) >= 11 is 0. The summed E-state index contributed by atoms with van der Waals surface area (Å²) in [4.78, 5) is 22.9. The summed E-state index contributed by atoms with van der Waals surface area (Å²) in [7, 11) is 1.57. The molecule has 6 heteroatoms. The number of fused-ring (bicyclic) bond motifs is 1. The Labute approximate surface area is 141 Å². The first-order chi connectivity index (χ1) is 11.3. The van der Waals surface area contributed by atoms with Gasteiger partial charge in [0.1, 0.15) is 12.4 Å². The van der Waals surface area contributed by atoms with Crippen molar-refractivity contribution in [3.8, 4) is 5.75 Å². The number of carbonyl (C=O) groups is 2.